The Hall–Kier alpha value is -1.90. The predicted octanol–water partition coefficient (Wildman–Crippen LogP) is 2.47. The van der Waals surface area contributed by atoms with Gasteiger partial charge in [0.05, 0.1) is 17.1 Å². The smallest absolute Gasteiger partial charge is 0.125 e. The molecule has 0 spiro atoms. The van der Waals surface area contributed by atoms with Crippen molar-refractivity contribution >= 4 is 0 Å². The van der Waals surface area contributed by atoms with Gasteiger partial charge < -0.3 is 5.11 Å². The highest BCUT2D eigenvalue weighted by Crippen LogP contribution is 2.28. The van der Waals surface area contributed by atoms with Crippen LogP contribution in [0.2, 0.25) is 0 Å². The van der Waals surface area contributed by atoms with Crippen LogP contribution >= 0.6 is 0 Å². The third-order valence-electron chi connectivity index (χ3n) is 2.24. The molecule has 1 aromatic carbocycles. The van der Waals surface area contributed by atoms with E-state index in [-0.39, 0.29) is 5.75 Å². The van der Waals surface area contributed by atoms with Crippen molar-refractivity contribution in [2.45, 2.75) is 13.8 Å². The van der Waals surface area contributed by atoms with Crippen molar-refractivity contribution in [2.75, 3.05) is 0 Å². The van der Waals surface area contributed by atoms with Crippen LogP contribution in [0.3, 0.4) is 0 Å². The minimum Gasteiger partial charge on any atom is -0.507 e. The number of aromatic hydroxyl groups is 1. The first-order valence-electron chi connectivity index (χ1n) is 4.77. The van der Waals surface area contributed by atoms with Gasteiger partial charge in [-0.25, -0.2) is 4.98 Å². The van der Waals surface area contributed by atoms with Crippen LogP contribution in [-0.4, -0.2) is 15.1 Å². The second kappa shape index (κ2) is 3.69. The SMILES string of the molecule is Cc1cnc(C)c(-c2ccccc2O)n1. The zero-order chi connectivity index (χ0) is 10.8. The molecule has 3 nitrogen and oxygen atoms in total. The Labute approximate surface area is 88.5 Å². The van der Waals surface area contributed by atoms with E-state index in [0.29, 0.717) is 0 Å². The summed E-state index contributed by atoms with van der Waals surface area (Å²) in [4.78, 5) is 8.60. The van der Waals surface area contributed by atoms with E-state index in [1.165, 1.54) is 0 Å². The Kier molecular flexibility index (Phi) is 2.37. The molecule has 76 valence electrons. The highest BCUT2D eigenvalue weighted by Gasteiger charge is 2.08. The Morgan fingerprint density at radius 3 is 2.60 bits per heavy atom. The van der Waals surface area contributed by atoms with Gasteiger partial charge in [-0.2, -0.15) is 0 Å². The summed E-state index contributed by atoms with van der Waals surface area (Å²) >= 11 is 0. The minimum absolute atomic E-state index is 0.237. The second-order valence-electron chi connectivity index (χ2n) is 3.46. The van der Waals surface area contributed by atoms with Crippen LogP contribution in [0.15, 0.2) is 30.5 Å². The van der Waals surface area contributed by atoms with E-state index in [9.17, 15) is 5.11 Å². The number of para-hydroxylation sites is 1. The normalized spacial score (nSPS) is 10.3. The summed E-state index contributed by atoms with van der Waals surface area (Å²) in [5.74, 6) is 0.237. The van der Waals surface area contributed by atoms with Crippen molar-refractivity contribution in [3.63, 3.8) is 0 Å². The van der Waals surface area contributed by atoms with Gasteiger partial charge in [0.25, 0.3) is 0 Å². The molecule has 1 aromatic heterocycles. The Morgan fingerprint density at radius 1 is 1.13 bits per heavy atom. The van der Waals surface area contributed by atoms with Gasteiger partial charge in [-0.1, -0.05) is 12.1 Å². The lowest BCUT2D eigenvalue weighted by Crippen LogP contribution is -1.94. The van der Waals surface area contributed by atoms with Crippen LogP contribution in [0.25, 0.3) is 11.3 Å². The second-order valence-corrected chi connectivity index (χ2v) is 3.46. The fourth-order valence-electron chi connectivity index (χ4n) is 1.47. The lowest BCUT2D eigenvalue weighted by atomic mass is 10.1. The van der Waals surface area contributed by atoms with Gasteiger partial charge in [0, 0.05) is 11.8 Å². The van der Waals surface area contributed by atoms with Crippen molar-refractivity contribution in [1.82, 2.24) is 9.97 Å². The molecule has 0 saturated carbocycles. The van der Waals surface area contributed by atoms with E-state index in [1.54, 1.807) is 18.3 Å². The van der Waals surface area contributed by atoms with E-state index < -0.39 is 0 Å². The average Bonchev–Trinajstić information content (AvgIpc) is 2.23. The van der Waals surface area contributed by atoms with E-state index in [2.05, 4.69) is 9.97 Å². The molecule has 0 atom stereocenters. The van der Waals surface area contributed by atoms with Gasteiger partial charge in [0.1, 0.15) is 5.75 Å². The zero-order valence-electron chi connectivity index (χ0n) is 8.73. The maximum Gasteiger partial charge on any atom is 0.125 e. The summed E-state index contributed by atoms with van der Waals surface area (Å²) in [6.07, 6.45) is 1.72. The van der Waals surface area contributed by atoms with Crippen LogP contribution < -0.4 is 0 Å². The van der Waals surface area contributed by atoms with Crippen LogP contribution in [0.4, 0.5) is 0 Å². The van der Waals surface area contributed by atoms with Crippen LogP contribution in [0.5, 0.6) is 5.75 Å². The third kappa shape index (κ3) is 1.81. The summed E-state index contributed by atoms with van der Waals surface area (Å²) in [6.45, 7) is 3.77. The fraction of sp³-hybridized carbons (Fsp3) is 0.167. The third-order valence-corrected chi connectivity index (χ3v) is 2.24. The minimum atomic E-state index is 0.237. The van der Waals surface area contributed by atoms with Gasteiger partial charge in [0.2, 0.25) is 0 Å². The monoisotopic (exact) mass is 200 g/mol. The molecule has 2 aromatic rings. The molecule has 0 fully saturated rings. The highest BCUT2D eigenvalue weighted by atomic mass is 16.3. The topological polar surface area (TPSA) is 46.0 Å². The molecule has 0 aliphatic heterocycles. The lowest BCUT2D eigenvalue weighted by molar-refractivity contribution is 0.477. The molecule has 0 bridgehead atoms. The van der Waals surface area contributed by atoms with Gasteiger partial charge in [-0.05, 0) is 26.0 Å². The molecule has 1 N–H and O–H groups in total. The van der Waals surface area contributed by atoms with E-state index in [1.807, 2.05) is 26.0 Å². The highest BCUT2D eigenvalue weighted by molar-refractivity contribution is 5.68. The summed E-state index contributed by atoms with van der Waals surface area (Å²) in [7, 11) is 0. The van der Waals surface area contributed by atoms with Crippen molar-refractivity contribution in [1.29, 1.82) is 0 Å². The lowest BCUT2D eigenvalue weighted by Gasteiger charge is -2.06. The zero-order valence-corrected chi connectivity index (χ0v) is 8.73. The van der Waals surface area contributed by atoms with Crippen molar-refractivity contribution in [3.8, 4) is 17.0 Å². The van der Waals surface area contributed by atoms with Crippen LogP contribution in [-0.2, 0) is 0 Å². The number of hydrogen-bond donors (Lipinski definition) is 1. The number of rotatable bonds is 1. The summed E-state index contributed by atoms with van der Waals surface area (Å²) < 4.78 is 0. The van der Waals surface area contributed by atoms with Crippen molar-refractivity contribution in [2.24, 2.45) is 0 Å². The van der Waals surface area contributed by atoms with Gasteiger partial charge >= 0.3 is 0 Å². The molecule has 0 aliphatic rings. The van der Waals surface area contributed by atoms with Crippen LogP contribution in [0.1, 0.15) is 11.4 Å². The fourth-order valence-corrected chi connectivity index (χ4v) is 1.47. The molecule has 15 heavy (non-hydrogen) atoms. The number of phenols is 1. The van der Waals surface area contributed by atoms with E-state index in [0.717, 1.165) is 22.6 Å². The van der Waals surface area contributed by atoms with Crippen molar-refractivity contribution in [3.05, 3.63) is 41.9 Å². The molecular formula is C12H12N2O. The van der Waals surface area contributed by atoms with Crippen molar-refractivity contribution < 1.29 is 5.11 Å². The Morgan fingerprint density at radius 2 is 1.87 bits per heavy atom. The average molecular weight is 200 g/mol. The molecule has 0 saturated heterocycles. The van der Waals surface area contributed by atoms with E-state index >= 15 is 0 Å². The summed E-state index contributed by atoms with van der Waals surface area (Å²) in [6, 6.07) is 7.15. The summed E-state index contributed by atoms with van der Waals surface area (Å²) in [5, 5.41) is 9.71. The maximum atomic E-state index is 9.71. The Bertz CT molecular complexity index is 495. The van der Waals surface area contributed by atoms with Gasteiger partial charge in [0.15, 0.2) is 0 Å². The molecule has 3 heteroatoms. The molecule has 0 aliphatic carbocycles. The standard InChI is InChI=1S/C12H12N2O/c1-8-7-13-9(2)12(14-8)10-5-3-4-6-11(10)15/h3-7,15H,1-2H3. The number of nitrogens with zero attached hydrogens (tertiary/aromatic N) is 2. The number of benzene rings is 1. The number of aromatic nitrogens is 2. The molecule has 1 heterocycles. The van der Waals surface area contributed by atoms with E-state index in [4.69, 9.17) is 0 Å². The predicted molar refractivity (Wildman–Crippen MR) is 58.6 cm³/mol. The molecule has 0 radical (unpaired) electrons. The molecular weight excluding hydrogens is 188 g/mol. The van der Waals surface area contributed by atoms with Crippen LogP contribution in [0, 0.1) is 13.8 Å². The van der Waals surface area contributed by atoms with Gasteiger partial charge in [-0.3, -0.25) is 4.98 Å². The number of aryl methyl sites for hydroxylation is 2. The maximum absolute atomic E-state index is 9.71. The largest absolute Gasteiger partial charge is 0.507 e. The first kappa shape index (κ1) is 9.65. The first-order chi connectivity index (χ1) is 7.18. The molecule has 0 unspecified atom stereocenters. The summed E-state index contributed by atoms with van der Waals surface area (Å²) in [5.41, 5.74) is 3.14. The first-order valence-corrected chi connectivity index (χ1v) is 4.77. The Balaban J connectivity index is 2.64. The quantitative estimate of drug-likeness (QED) is 0.769. The van der Waals surface area contributed by atoms with Gasteiger partial charge in [-0.15, -0.1) is 0 Å². The molecule has 2 rings (SSSR count). The number of hydrogen-bond acceptors (Lipinski definition) is 3. The molecule has 0 amide bonds. The number of phenolic OH excluding ortho intramolecular Hbond substituents is 1.